The van der Waals surface area contributed by atoms with Gasteiger partial charge in [0.25, 0.3) is 5.69 Å². The number of likely N-dealkylation sites (tertiary alicyclic amines) is 1. The predicted octanol–water partition coefficient (Wildman–Crippen LogP) is 1.77. The van der Waals surface area contributed by atoms with Crippen LogP contribution in [0.4, 0.5) is 5.69 Å². The van der Waals surface area contributed by atoms with Crippen molar-refractivity contribution in [3.63, 3.8) is 0 Å². The van der Waals surface area contributed by atoms with Gasteiger partial charge in [-0.2, -0.15) is 0 Å². The fraction of sp³-hybridized carbons (Fsp3) is 0.462. The van der Waals surface area contributed by atoms with Crippen LogP contribution in [0.25, 0.3) is 0 Å². The number of carbonyl (C=O) groups excluding carboxylic acids is 1. The largest absolute Gasteiger partial charge is 0.496 e. The fourth-order valence-electron chi connectivity index (χ4n) is 2.20. The molecule has 0 N–H and O–H groups in total. The number of benzene rings is 1. The van der Waals surface area contributed by atoms with Crippen molar-refractivity contribution in [2.75, 3.05) is 20.2 Å². The van der Waals surface area contributed by atoms with Crippen molar-refractivity contribution < 1.29 is 14.5 Å². The third-order valence-corrected chi connectivity index (χ3v) is 3.28. The Hall–Kier alpha value is -1.95. The molecule has 0 unspecified atom stereocenters. The number of nitro groups is 1. The number of rotatable bonds is 4. The number of ketones is 1. The van der Waals surface area contributed by atoms with E-state index in [1.807, 2.05) is 0 Å². The lowest BCUT2D eigenvalue weighted by atomic mass is 10.1. The van der Waals surface area contributed by atoms with Crippen LogP contribution < -0.4 is 4.74 Å². The lowest BCUT2D eigenvalue weighted by Gasteiger charge is -2.26. The van der Waals surface area contributed by atoms with E-state index >= 15 is 0 Å². The first-order valence-electron chi connectivity index (χ1n) is 6.15. The van der Waals surface area contributed by atoms with Crippen LogP contribution in [-0.4, -0.2) is 35.8 Å². The molecule has 6 heteroatoms. The third kappa shape index (κ3) is 3.29. The van der Waals surface area contributed by atoms with Crippen LogP contribution in [0.5, 0.6) is 5.75 Å². The number of piperidine rings is 1. The molecule has 0 amide bonds. The van der Waals surface area contributed by atoms with Gasteiger partial charge < -0.3 is 4.74 Å². The average molecular weight is 264 g/mol. The first-order valence-corrected chi connectivity index (χ1v) is 6.15. The molecule has 1 aliphatic heterocycles. The lowest BCUT2D eigenvalue weighted by molar-refractivity contribution is -0.385. The molecule has 0 bridgehead atoms. The maximum Gasteiger partial charge on any atom is 0.270 e. The van der Waals surface area contributed by atoms with Gasteiger partial charge in [-0.05, 0) is 6.07 Å². The predicted molar refractivity (Wildman–Crippen MR) is 69.2 cm³/mol. The van der Waals surface area contributed by atoms with Crippen LogP contribution in [0.1, 0.15) is 18.4 Å². The first-order chi connectivity index (χ1) is 9.10. The monoisotopic (exact) mass is 264 g/mol. The molecule has 1 aromatic rings. The Kier molecular flexibility index (Phi) is 4.11. The van der Waals surface area contributed by atoms with E-state index in [0.29, 0.717) is 38.2 Å². The third-order valence-electron chi connectivity index (χ3n) is 3.28. The number of ether oxygens (including phenoxy) is 1. The molecular formula is C13H16N2O4. The van der Waals surface area contributed by atoms with E-state index in [-0.39, 0.29) is 11.5 Å². The van der Waals surface area contributed by atoms with Crippen molar-refractivity contribution in [2.24, 2.45) is 0 Å². The minimum absolute atomic E-state index is 0.0592. The van der Waals surface area contributed by atoms with E-state index in [0.717, 1.165) is 5.56 Å². The molecule has 1 fully saturated rings. The van der Waals surface area contributed by atoms with E-state index in [4.69, 9.17) is 4.74 Å². The number of hydrogen-bond acceptors (Lipinski definition) is 5. The van der Waals surface area contributed by atoms with Gasteiger partial charge in [0.15, 0.2) is 0 Å². The Balaban J connectivity index is 2.15. The highest BCUT2D eigenvalue weighted by Crippen LogP contribution is 2.26. The van der Waals surface area contributed by atoms with Crippen LogP contribution in [-0.2, 0) is 11.3 Å². The van der Waals surface area contributed by atoms with Crippen LogP contribution in [0.3, 0.4) is 0 Å². The quantitative estimate of drug-likeness (QED) is 0.612. The average Bonchev–Trinajstić information content (AvgIpc) is 2.41. The summed E-state index contributed by atoms with van der Waals surface area (Å²) in [5, 5.41) is 10.8. The van der Waals surface area contributed by atoms with Gasteiger partial charge in [0.2, 0.25) is 0 Å². The molecular weight excluding hydrogens is 248 g/mol. The number of hydrogen-bond donors (Lipinski definition) is 0. The highest BCUT2D eigenvalue weighted by Gasteiger charge is 2.19. The normalized spacial score (nSPS) is 16.4. The van der Waals surface area contributed by atoms with Gasteiger partial charge in [0.05, 0.1) is 12.0 Å². The van der Waals surface area contributed by atoms with E-state index in [9.17, 15) is 14.9 Å². The van der Waals surface area contributed by atoms with Crippen molar-refractivity contribution >= 4 is 11.5 Å². The standard InChI is InChI=1S/C13H16N2O4/c1-19-13-3-2-11(15(17)18)8-10(13)9-14-6-4-12(16)5-7-14/h2-3,8H,4-7,9H2,1H3. The Morgan fingerprint density at radius 3 is 2.63 bits per heavy atom. The fourth-order valence-corrected chi connectivity index (χ4v) is 2.20. The number of nitro benzene ring substituents is 1. The summed E-state index contributed by atoms with van der Waals surface area (Å²) in [7, 11) is 1.55. The van der Waals surface area contributed by atoms with Crippen LogP contribution in [0.15, 0.2) is 18.2 Å². The molecule has 1 saturated heterocycles. The zero-order valence-corrected chi connectivity index (χ0v) is 10.8. The Labute approximate surface area is 111 Å². The minimum Gasteiger partial charge on any atom is -0.496 e. The van der Waals surface area contributed by atoms with Crippen LogP contribution in [0.2, 0.25) is 0 Å². The number of non-ortho nitro benzene ring substituents is 1. The number of Topliss-reactive ketones (excluding diaryl/α,β-unsaturated/α-hetero) is 1. The molecule has 19 heavy (non-hydrogen) atoms. The number of nitrogens with zero attached hydrogens (tertiary/aromatic N) is 2. The zero-order valence-electron chi connectivity index (χ0n) is 10.8. The highest BCUT2D eigenvalue weighted by atomic mass is 16.6. The van der Waals surface area contributed by atoms with E-state index in [1.54, 1.807) is 13.2 Å². The summed E-state index contributed by atoms with van der Waals surface area (Å²) in [6, 6.07) is 4.58. The van der Waals surface area contributed by atoms with Gasteiger partial charge in [-0.3, -0.25) is 19.8 Å². The Morgan fingerprint density at radius 2 is 2.05 bits per heavy atom. The van der Waals surface area contributed by atoms with Crippen molar-refractivity contribution in [2.45, 2.75) is 19.4 Å². The molecule has 1 aliphatic rings. The SMILES string of the molecule is COc1ccc([N+](=O)[O-])cc1CN1CCC(=O)CC1. The van der Waals surface area contributed by atoms with Gasteiger partial charge in [-0.15, -0.1) is 0 Å². The molecule has 0 radical (unpaired) electrons. The molecule has 0 saturated carbocycles. The lowest BCUT2D eigenvalue weighted by Crippen LogP contribution is -2.33. The molecule has 102 valence electrons. The second-order valence-corrected chi connectivity index (χ2v) is 4.57. The van der Waals surface area contributed by atoms with Gasteiger partial charge in [0.1, 0.15) is 11.5 Å². The van der Waals surface area contributed by atoms with Crippen molar-refractivity contribution in [1.29, 1.82) is 0 Å². The second-order valence-electron chi connectivity index (χ2n) is 4.57. The van der Waals surface area contributed by atoms with Gasteiger partial charge in [0, 0.05) is 50.2 Å². The second kappa shape index (κ2) is 5.79. The van der Waals surface area contributed by atoms with Crippen LogP contribution in [0, 0.1) is 10.1 Å². The van der Waals surface area contributed by atoms with Crippen molar-refractivity contribution in [3.05, 3.63) is 33.9 Å². The summed E-state index contributed by atoms with van der Waals surface area (Å²) < 4.78 is 5.23. The molecule has 1 aromatic carbocycles. The maximum absolute atomic E-state index is 11.2. The molecule has 0 atom stereocenters. The van der Waals surface area contributed by atoms with Crippen molar-refractivity contribution in [1.82, 2.24) is 4.90 Å². The maximum atomic E-state index is 11.2. The molecule has 1 heterocycles. The van der Waals surface area contributed by atoms with E-state index in [2.05, 4.69) is 4.90 Å². The number of carbonyl (C=O) groups is 1. The first kappa shape index (κ1) is 13.5. The molecule has 0 aromatic heterocycles. The van der Waals surface area contributed by atoms with Gasteiger partial charge in [-0.1, -0.05) is 0 Å². The summed E-state index contributed by atoms with van der Waals surface area (Å²) in [6.45, 7) is 1.97. The summed E-state index contributed by atoms with van der Waals surface area (Å²) in [5.41, 5.74) is 0.843. The molecule has 0 spiro atoms. The topological polar surface area (TPSA) is 72.7 Å². The van der Waals surface area contributed by atoms with Gasteiger partial charge >= 0.3 is 0 Å². The number of methoxy groups -OCH3 is 1. The smallest absolute Gasteiger partial charge is 0.270 e. The summed E-state index contributed by atoms with van der Waals surface area (Å²) in [5.74, 6) is 0.921. The molecule has 0 aliphatic carbocycles. The molecule has 6 nitrogen and oxygen atoms in total. The van der Waals surface area contributed by atoms with E-state index < -0.39 is 4.92 Å². The minimum atomic E-state index is -0.414. The zero-order chi connectivity index (χ0) is 13.8. The Bertz CT molecular complexity index is 491. The highest BCUT2D eigenvalue weighted by molar-refractivity contribution is 5.79. The molecule has 2 rings (SSSR count). The summed E-state index contributed by atoms with van der Waals surface area (Å²) in [4.78, 5) is 23.7. The van der Waals surface area contributed by atoms with E-state index in [1.165, 1.54) is 12.1 Å². The Morgan fingerprint density at radius 1 is 1.37 bits per heavy atom. The van der Waals surface area contributed by atoms with Crippen molar-refractivity contribution in [3.8, 4) is 5.75 Å². The van der Waals surface area contributed by atoms with Gasteiger partial charge in [-0.25, -0.2) is 0 Å². The summed E-state index contributed by atoms with van der Waals surface area (Å²) in [6.07, 6.45) is 1.11. The summed E-state index contributed by atoms with van der Waals surface area (Å²) >= 11 is 0. The van der Waals surface area contributed by atoms with Crippen LogP contribution >= 0.6 is 0 Å².